The Morgan fingerprint density at radius 3 is 2.56 bits per heavy atom. The van der Waals surface area contributed by atoms with Crippen molar-refractivity contribution < 1.29 is 4.74 Å². The van der Waals surface area contributed by atoms with Gasteiger partial charge in [-0.2, -0.15) is 0 Å². The van der Waals surface area contributed by atoms with Crippen molar-refractivity contribution >= 4 is 7.92 Å². The van der Waals surface area contributed by atoms with Crippen LogP contribution in [-0.4, -0.2) is 26.1 Å². The zero-order valence-corrected chi connectivity index (χ0v) is 7.32. The van der Waals surface area contributed by atoms with E-state index in [2.05, 4.69) is 13.3 Å². The molecule has 0 aliphatic carbocycles. The molecule has 0 aliphatic rings. The maximum Gasteiger partial charge on any atom is 0.0912 e. The second-order valence-corrected chi connectivity index (χ2v) is 4.75. The van der Waals surface area contributed by atoms with E-state index >= 15 is 0 Å². The molecule has 0 bridgehead atoms. The van der Waals surface area contributed by atoms with Gasteiger partial charge in [0.25, 0.3) is 0 Å². The van der Waals surface area contributed by atoms with Gasteiger partial charge in [-0.3, -0.25) is 0 Å². The second-order valence-electron chi connectivity index (χ2n) is 2.14. The summed E-state index contributed by atoms with van der Waals surface area (Å²) in [5.74, 6) is 0. The van der Waals surface area contributed by atoms with E-state index in [-0.39, 0.29) is 7.92 Å². The quantitative estimate of drug-likeness (QED) is 0.336. The maximum absolute atomic E-state index is 5.13. The van der Waals surface area contributed by atoms with Crippen molar-refractivity contribution in [3.63, 3.8) is 0 Å². The summed E-state index contributed by atoms with van der Waals surface area (Å²) in [7, 11) is 0.224. The molecule has 0 fully saturated rings. The monoisotopic (exact) mass is 146 g/mol. The second kappa shape index (κ2) is 6.10. The smallest absolute Gasteiger partial charge is 0.0912 e. The van der Waals surface area contributed by atoms with Crippen LogP contribution in [0.2, 0.25) is 0 Å². The Morgan fingerprint density at radius 1 is 1.44 bits per heavy atom. The molecule has 1 nitrogen and oxygen atoms in total. The zero-order chi connectivity index (χ0) is 7.11. The molecule has 0 saturated heterocycles. The van der Waals surface area contributed by atoms with Gasteiger partial charge < -0.3 is 4.74 Å². The molecular weight excluding hydrogens is 131 g/mol. The zero-order valence-electron chi connectivity index (χ0n) is 6.42. The van der Waals surface area contributed by atoms with Crippen LogP contribution in [0.4, 0.5) is 0 Å². The van der Waals surface area contributed by atoms with Crippen molar-refractivity contribution in [3.05, 3.63) is 12.3 Å². The molecular formula is C7H15OP. The van der Waals surface area contributed by atoms with Crippen LogP contribution in [-0.2, 0) is 4.74 Å². The molecule has 0 spiro atoms. The highest BCUT2D eigenvalue weighted by Crippen LogP contribution is 2.22. The van der Waals surface area contributed by atoms with Crippen LogP contribution in [0.15, 0.2) is 12.3 Å². The maximum atomic E-state index is 5.13. The van der Waals surface area contributed by atoms with E-state index in [1.165, 1.54) is 6.16 Å². The van der Waals surface area contributed by atoms with Crippen molar-refractivity contribution in [1.82, 2.24) is 0 Å². The molecule has 54 valence electrons. The molecule has 0 amide bonds. The van der Waals surface area contributed by atoms with E-state index in [0.29, 0.717) is 0 Å². The summed E-state index contributed by atoms with van der Waals surface area (Å²) < 4.78 is 5.13. The van der Waals surface area contributed by atoms with Gasteiger partial charge in [0.15, 0.2) is 0 Å². The number of hydrogen-bond donors (Lipinski definition) is 0. The van der Waals surface area contributed by atoms with E-state index in [0.717, 1.165) is 6.61 Å². The van der Waals surface area contributed by atoms with Gasteiger partial charge in [0.2, 0.25) is 0 Å². The summed E-state index contributed by atoms with van der Waals surface area (Å²) in [6.07, 6.45) is 4.87. The first-order valence-electron chi connectivity index (χ1n) is 3.15. The fourth-order valence-electron chi connectivity index (χ4n) is 0.400. The summed E-state index contributed by atoms with van der Waals surface area (Å²) in [6, 6.07) is 0. The minimum atomic E-state index is 0.224. The Hall–Kier alpha value is -0.0300. The van der Waals surface area contributed by atoms with Crippen molar-refractivity contribution in [2.24, 2.45) is 0 Å². The molecule has 2 heteroatoms. The van der Waals surface area contributed by atoms with Gasteiger partial charge >= 0.3 is 0 Å². The Balaban J connectivity index is 2.91. The summed E-state index contributed by atoms with van der Waals surface area (Å²) in [4.78, 5) is 0. The third kappa shape index (κ3) is 7.97. The van der Waals surface area contributed by atoms with Crippen LogP contribution in [0.1, 0.15) is 6.92 Å². The van der Waals surface area contributed by atoms with Crippen LogP contribution in [0.3, 0.4) is 0 Å². The lowest BCUT2D eigenvalue weighted by Gasteiger charge is -2.03. The number of hydrogen-bond acceptors (Lipinski definition) is 1. The summed E-state index contributed by atoms with van der Waals surface area (Å²) in [5, 5.41) is 0. The summed E-state index contributed by atoms with van der Waals surface area (Å²) >= 11 is 0. The van der Waals surface area contributed by atoms with E-state index in [1.807, 2.05) is 13.0 Å². The van der Waals surface area contributed by atoms with E-state index in [4.69, 9.17) is 4.74 Å². The lowest BCUT2D eigenvalue weighted by Crippen LogP contribution is -1.91. The first kappa shape index (κ1) is 8.97. The Kier molecular flexibility index (Phi) is 6.08. The molecule has 0 rings (SSSR count). The van der Waals surface area contributed by atoms with Gasteiger partial charge in [-0.05, 0) is 20.3 Å². The highest BCUT2D eigenvalue weighted by molar-refractivity contribution is 7.55. The predicted octanol–water partition coefficient (Wildman–Crippen LogP) is 2.28. The topological polar surface area (TPSA) is 9.23 Å². The standard InChI is InChI=1S/C7H15OP/c1-4-5-8-6-7-9(2)3/h4-5H,6-7H2,1-3H3. The van der Waals surface area contributed by atoms with Crippen LogP contribution in [0.25, 0.3) is 0 Å². The predicted molar refractivity (Wildman–Crippen MR) is 44.4 cm³/mol. The normalized spacial score (nSPS) is 11.1. The van der Waals surface area contributed by atoms with E-state index in [9.17, 15) is 0 Å². The first-order chi connectivity index (χ1) is 4.27. The summed E-state index contributed by atoms with van der Waals surface area (Å²) in [6.45, 7) is 7.35. The van der Waals surface area contributed by atoms with Gasteiger partial charge in [-0.1, -0.05) is 6.08 Å². The van der Waals surface area contributed by atoms with Crippen LogP contribution in [0.5, 0.6) is 0 Å². The Bertz CT molecular complexity index is 79.0. The fraction of sp³-hybridized carbons (Fsp3) is 0.714. The summed E-state index contributed by atoms with van der Waals surface area (Å²) in [5.41, 5.74) is 0. The van der Waals surface area contributed by atoms with Gasteiger partial charge in [0.1, 0.15) is 0 Å². The molecule has 0 aromatic heterocycles. The number of rotatable bonds is 4. The highest BCUT2D eigenvalue weighted by atomic mass is 31.1. The largest absolute Gasteiger partial charge is 0.501 e. The molecule has 0 unspecified atom stereocenters. The van der Waals surface area contributed by atoms with Gasteiger partial charge in [-0.25, -0.2) is 0 Å². The molecule has 0 aromatic rings. The molecule has 0 aliphatic heterocycles. The molecule has 0 N–H and O–H groups in total. The average Bonchev–Trinajstić information content (AvgIpc) is 1.80. The SMILES string of the molecule is CC=COCCP(C)C. The first-order valence-corrected chi connectivity index (χ1v) is 5.57. The minimum absolute atomic E-state index is 0.224. The molecule has 0 radical (unpaired) electrons. The Labute approximate surface area is 58.9 Å². The fourth-order valence-corrected chi connectivity index (χ4v) is 0.870. The highest BCUT2D eigenvalue weighted by Gasteiger charge is 1.89. The minimum Gasteiger partial charge on any atom is -0.501 e. The van der Waals surface area contributed by atoms with Crippen LogP contribution < -0.4 is 0 Å². The molecule has 0 aromatic carbocycles. The number of ether oxygens (including phenoxy) is 1. The van der Waals surface area contributed by atoms with Gasteiger partial charge in [-0.15, -0.1) is 7.92 Å². The average molecular weight is 146 g/mol. The van der Waals surface area contributed by atoms with Crippen LogP contribution in [0, 0.1) is 0 Å². The van der Waals surface area contributed by atoms with Crippen LogP contribution >= 0.6 is 7.92 Å². The van der Waals surface area contributed by atoms with Crippen molar-refractivity contribution in [1.29, 1.82) is 0 Å². The van der Waals surface area contributed by atoms with Gasteiger partial charge in [0.05, 0.1) is 12.9 Å². The lowest BCUT2D eigenvalue weighted by atomic mass is 10.7. The number of allylic oxidation sites excluding steroid dienone is 1. The van der Waals surface area contributed by atoms with Crippen molar-refractivity contribution in [2.45, 2.75) is 6.92 Å². The van der Waals surface area contributed by atoms with Crippen molar-refractivity contribution in [2.75, 3.05) is 26.1 Å². The van der Waals surface area contributed by atoms with E-state index in [1.54, 1.807) is 6.26 Å². The molecule has 0 atom stereocenters. The van der Waals surface area contributed by atoms with E-state index < -0.39 is 0 Å². The molecule has 0 heterocycles. The molecule has 0 saturated carbocycles. The lowest BCUT2D eigenvalue weighted by molar-refractivity contribution is 0.271. The third-order valence-corrected chi connectivity index (χ3v) is 1.97. The third-order valence-electron chi connectivity index (χ3n) is 0.889. The Morgan fingerprint density at radius 2 is 2.11 bits per heavy atom. The molecule has 9 heavy (non-hydrogen) atoms. The van der Waals surface area contributed by atoms with Gasteiger partial charge in [0, 0.05) is 6.16 Å². The van der Waals surface area contributed by atoms with Crippen molar-refractivity contribution in [3.8, 4) is 0 Å².